The van der Waals surface area contributed by atoms with Crippen molar-refractivity contribution in [3.05, 3.63) is 70.5 Å². The Labute approximate surface area is 194 Å². The molecule has 1 heterocycles. The van der Waals surface area contributed by atoms with Crippen LogP contribution in [0, 0.1) is 11.7 Å². The number of ether oxygens (including phenoxy) is 1. The van der Waals surface area contributed by atoms with Crippen molar-refractivity contribution in [1.29, 1.82) is 0 Å². The van der Waals surface area contributed by atoms with E-state index in [-0.39, 0.29) is 35.4 Å². The summed E-state index contributed by atoms with van der Waals surface area (Å²) >= 11 is 0. The largest absolute Gasteiger partial charge is 0.416 e. The van der Waals surface area contributed by atoms with Gasteiger partial charge < -0.3 is 15.2 Å². The van der Waals surface area contributed by atoms with Crippen LogP contribution in [-0.4, -0.2) is 29.3 Å². The van der Waals surface area contributed by atoms with Gasteiger partial charge in [0.15, 0.2) is 0 Å². The topological polar surface area (TPSA) is 58.6 Å². The summed E-state index contributed by atoms with van der Waals surface area (Å²) in [6, 6.07) is 8.76. The smallest absolute Gasteiger partial charge is 0.383 e. The molecule has 2 N–H and O–H groups in total. The molecule has 2 fully saturated rings. The Hall–Kier alpha value is -2.52. The van der Waals surface area contributed by atoms with Crippen molar-refractivity contribution in [3.63, 3.8) is 0 Å². The normalized spacial score (nSPS) is 28.2. The molecule has 2 aromatic rings. The third-order valence-corrected chi connectivity index (χ3v) is 6.87. The number of carbonyl (C=O) groups excluding carboxylic acids is 1. The fraction of sp³-hybridized carbons (Fsp3) is 0.480. The van der Waals surface area contributed by atoms with Crippen LogP contribution in [0.25, 0.3) is 0 Å². The van der Waals surface area contributed by atoms with Gasteiger partial charge in [0.2, 0.25) is 5.91 Å². The monoisotopic (exact) mass is 483 g/mol. The summed E-state index contributed by atoms with van der Waals surface area (Å²) in [5.74, 6) is -1.23. The third-order valence-electron chi connectivity index (χ3n) is 6.87. The fourth-order valence-electron chi connectivity index (χ4n) is 5.24. The maximum Gasteiger partial charge on any atom is 0.416 e. The number of hydrogen-bond acceptors (Lipinski definition) is 3. The van der Waals surface area contributed by atoms with Gasteiger partial charge in [-0.15, -0.1) is 0 Å². The highest BCUT2D eigenvalue weighted by Gasteiger charge is 2.46. The number of amides is 1. The van der Waals surface area contributed by atoms with E-state index in [1.807, 2.05) is 0 Å². The molecule has 6 atom stereocenters. The van der Waals surface area contributed by atoms with E-state index in [1.165, 1.54) is 18.2 Å². The molecule has 184 valence electrons. The summed E-state index contributed by atoms with van der Waals surface area (Å²) in [5.41, 5.74) is -0.0175. The molecule has 1 saturated carbocycles. The maximum absolute atomic E-state index is 13.6. The lowest BCUT2D eigenvalue weighted by Crippen LogP contribution is -2.36. The Morgan fingerprint density at radius 3 is 2.44 bits per heavy atom. The number of hydrogen-bond donors (Lipinski definition) is 2. The van der Waals surface area contributed by atoms with E-state index in [1.54, 1.807) is 19.1 Å². The summed E-state index contributed by atoms with van der Waals surface area (Å²) in [6.07, 6.45) is -5.44. The van der Waals surface area contributed by atoms with E-state index in [2.05, 4.69) is 5.32 Å². The molecule has 1 aliphatic carbocycles. The lowest BCUT2D eigenvalue weighted by atomic mass is 9.82. The Morgan fingerprint density at radius 1 is 1.15 bits per heavy atom. The first-order valence-corrected chi connectivity index (χ1v) is 11.2. The number of halogens is 5. The zero-order valence-corrected chi connectivity index (χ0v) is 18.5. The van der Waals surface area contributed by atoms with Crippen molar-refractivity contribution in [2.45, 2.75) is 69.3 Å². The number of nitrogens with one attached hydrogen (secondary N) is 1. The molecule has 4 rings (SSSR count). The number of carbonyl (C=O) groups is 1. The molecule has 0 bridgehead atoms. The summed E-state index contributed by atoms with van der Waals surface area (Å²) in [7, 11) is 0. The fourth-order valence-corrected chi connectivity index (χ4v) is 5.24. The highest BCUT2D eigenvalue weighted by atomic mass is 19.4. The van der Waals surface area contributed by atoms with E-state index in [0.717, 1.165) is 17.7 Å². The molecule has 2 aromatic carbocycles. The van der Waals surface area contributed by atoms with Gasteiger partial charge in [0.25, 0.3) is 0 Å². The van der Waals surface area contributed by atoms with Crippen LogP contribution in [0.5, 0.6) is 0 Å². The molecule has 9 heteroatoms. The number of alkyl halides is 4. The lowest BCUT2D eigenvalue weighted by molar-refractivity contribution is -0.137. The predicted molar refractivity (Wildman–Crippen MR) is 114 cm³/mol. The molecular weight excluding hydrogens is 457 g/mol. The van der Waals surface area contributed by atoms with Crippen LogP contribution in [0.1, 0.15) is 60.5 Å². The highest BCUT2D eigenvalue weighted by Crippen LogP contribution is 2.46. The van der Waals surface area contributed by atoms with E-state index in [4.69, 9.17) is 4.74 Å². The second-order valence-corrected chi connectivity index (χ2v) is 9.10. The van der Waals surface area contributed by atoms with E-state index in [0.29, 0.717) is 12.8 Å². The van der Waals surface area contributed by atoms with Gasteiger partial charge in [0.1, 0.15) is 18.6 Å². The van der Waals surface area contributed by atoms with Gasteiger partial charge in [-0.05, 0) is 66.6 Å². The van der Waals surface area contributed by atoms with Gasteiger partial charge in [0.05, 0.1) is 17.8 Å². The van der Waals surface area contributed by atoms with E-state index in [9.17, 15) is 31.9 Å². The minimum absolute atomic E-state index is 0.0812. The average Bonchev–Trinajstić information content (AvgIpc) is 3.36. The zero-order chi connectivity index (χ0) is 24.6. The van der Waals surface area contributed by atoms with Crippen molar-refractivity contribution in [2.24, 2.45) is 5.92 Å². The van der Waals surface area contributed by atoms with Gasteiger partial charge in [-0.1, -0.05) is 18.2 Å². The van der Waals surface area contributed by atoms with Gasteiger partial charge in [-0.2, -0.15) is 13.2 Å². The summed E-state index contributed by atoms with van der Waals surface area (Å²) in [4.78, 5) is 11.9. The van der Waals surface area contributed by atoms with Crippen LogP contribution < -0.4 is 5.32 Å². The van der Waals surface area contributed by atoms with Gasteiger partial charge in [-0.3, -0.25) is 4.79 Å². The molecule has 34 heavy (non-hydrogen) atoms. The first-order valence-electron chi connectivity index (χ1n) is 11.2. The zero-order valence-electron chi connectivity index (χ0n) is 18.5. The molecule has 1 amide bonds. The minimum atomic E-state index is -4.61. The number of rotatable bonds is 6. The van der Waals surface area contributed by atoms with Crippen LogP contribution in [0.2, 0.25) is 0 Å². The SMILES string of the molecule is C[C@@H](O[C@H]1CC[C@@H]([C@H]2C[C@@H](O)C(=O)N2)[C@@H]1c1ccc(F)cc1)c1cc(CF)cc(C(F)(F)F)c1. The van der Waals surface area contributed by atoms with E-state index < -0.39 is 48.5 Å². The second kappa shape index (κ2) is 9.62. The van der Waals surface area contributed by atoms with Gasteiger partial charge in [-0.25, -0.2) is 8.78 Å². The summed E-state index contributed by atoms with van der Waals surface area (Å²) in [6.45, 7) is 0.588. The van der Waals surface area contributed by atoms with Crippen LogP contribution in [0.15, 0.2) is 42.5 Å². The van der Waals surface area contributed by atoms with Crippen molar-refractivity contribution in [1.82, 2.24) is 5.32 Å². The minimum Gasteiger partial charge on any atom is -0.383 e. The molecule has 2 aliphatic rings. The Bertz CT molecular complexity index is 1030. The predicted octanol–water partition coefficient (Wildman–Crippen LogP) is 5.20. The first kappa shape index (κ1) is 24.6. The maximum atomic E-state index is 13.6. The Morgan fingerprint density at radius 2 is 1.85 bits per heavy atom. The number of aliphatic hydroxyl groups is 1. The molecule has 0 spiro atoms. The van der Waals surface area contributed by atoms with Crippen LogP contribution in [-0.2, 0) is 22.4 Å². The molecule has 1 saturated heterocycles. The molecule has 0 aromatic heterocycles. The summed E-state index contributed by atoms with van der Waals surface area (Å²) < 4.78 is 73.0. The van der Waals surface area contributed by atoms with Gasteiger partial charge in [0, 0.05) is 18.4 Å². The first-order chi connectivity index (χ1) is 16.1. The quantitative estimate of drug-likeness (QED) is 0.555. The molecular formula is C25H26F5NO3. The molecule has 4 nitrogen and oxygen atoms in total. The van der Waals surface area contributed by atoms with Crippen molar-refractivity contribution >= 4 is 5.91 Å². The standard InChI is InChI=1S/C25H26F5NO3/c1-13(16-8-14(12-26)9-17(10-16)25(28,29)30)34-22-7-6-19(20-11-21(32)24(33)31-20)23(22)15-2-4-18(27)5-3-15/h2-5,8-10,13,19-23,32H,6-7,11-12H2,1H3,(H,31,33)/t13-,19+,20-,21-,22+,23+/m1/s1. The van der Waals surface area contributed by atoms with Crippen molar-refractivity contribution < 1.29 is 36.6 Å². The van der Waals surface area contributed by atoms with E-state index >= 15 is 0 Å². The number of benzene rings is 2. The second-order valence-electron chi connectivity index (χ2n) is 9.10. The molecule has 0 radical (unpaired) electrons. The average molecular weight is 483 g/mol. The van der Waals surface area contributed by atoms with Crippen LogP contribution in [0.4, 0.5) is 22.0 Å². The van der Waals surface area contributed by atoms with Crippen LogP contribution >= 0.6 is 0 Å². The van der Waals surface area contributed by atoms with Crippen LogP contribution in [0.3, 0.4) is 0 Å². The van der Waals surface area contributed by atoms with Crippen molar-refractivity contribution in [2.75, 3.05) is 0 Å². The number of aliphatic hydroxyl groups excluding tert-OH is 1. The highest BCUT2D eigenvalue weighted by molar-refractivity contribution is 5.83. The lowest BCUT2D eigenvalue weighted by Gasteiger charge is -2.31. The Balaban J connectivity index is 1.61. The molecule has 1 aliphatic heterocycles. The third kappa shape index (κ3) is 5.10. The molecule has 0 unspecified atom stereocenters. The van der Waals surface area contributed by atoms with Crippen molar-refractivity contribution in [3.8, 4) is 0 Å². The summed E-state index contributed by atoms with van der Waals surface area (Å²) in [5, 5.41) is 12.7. The Kier molecular flexibility index (Phi) is 6.96. The van der Waals surface area contributed by atoms with Gasteiger partial charge >= 0.3 is 6.18 Å².